The predicted molar refractivity (Wildman–Crippen MR) is 50.9 cm³/mol. The van der Waals surface area contributed by atoms with Crippen molar-refractivity contribution in [2.75, 3.05) is 19.8 Å². The lowest BCUT2D eigenvalue weighted by atomic mass is 10.2. The third-order valence-corrected chi connectivity index (χ3v) is 3.36. The molecule has 0 saturated carbocycles. The molecule has 1 aliphatic heterocycles. The third kappa shape index (κ3) is 1.64. The van der Waals surface area contributed by atoms with Crippen LogP contribution in [0.1, 0.15) is 10.9 Å². The quantitative estimate of drug-likeness (QED) is 0.755. The molecule has 1 aliphatic rings. The maximum Gasteiger partial charge on any atom is 0.0670 e. The van der Waals surface area contributed by atoms with E-state index in [4.69, 9.17) is 16.3 Å². The summed E-state index contributed by atoms with van der Waals surface area (Å²) in [6, 6.07) is 2.23. The summed E-state index contributed by atoms with van der Waals surface area (Å²) >= 11 is 7.67. The first-order valence-electron chi connectivity index (χ1n) is 3.92. The SMILES string of the molecule is Clc1ccsc1C1COCCN1. The van der Waals surface area contributed by atoms with E-state index < -0.39 is 0 Å². The molecule has 1 fully saturated rings. The highest BCUT2D eigenvalue weighted by Gasteiger charge is 2.18. The molecule has 4 heteroatoms. The first-order chi connectivity index (χ1) is 5.88. The molecule has 0 aromatic carbocycles. The van der Waals surface area contributed by atoms with E-state index in [1.54, 1.807) is 11.3 Å². The Labute approximate surface area is 80.5 Å². The van der Waals surface area contributed by atoms with Gasteiger partial charge in [0.15, 0.2) is 0 Å². The monoisotopic (exact) mass is 203 g/mol. The van der Waals surface area contributed by atoms with Crippen LogP contribution in [0.4, 0.5) is 0 Å². The summed E-state index contributed by atoms with van der Waals surface area (Å²) in [5, 5.41) is 6.22. The molecule has 0 spiro atoms. The zero-order chi connectivity index (χ0) is 8.39. The molecule has 2 nitrogen and oxygen atoms in total. The van der Waals surface area contributed by atoms with Crippen LogP contribution < -0.4 is 5.32 Å². The fourth-order valence-electron chi connectivity index (χ4n) is 1.29. The minimum absolute atomic E-state index is 0.297. The van der Waals surface area contributed by atoms with Crippen LogP contribution in [-0.2, 0) is 4.74 Å². The van der Waals surface area contributed by atoms with Gasteiger partial charge < -0.3 is 10.1 Å². The van der Waals surface area contributed by atoms with Crippen molar-refractivity contribution < 1.29 is 4.74 Å². The van der Waals surface area contributed by atoms with Crippen LogP contribution in [0.5, 0.6) is 0 Å². The molecule has 1 N–H and O–H groups in total. The highest BCUT2D eigenvalue weighted by Crippen LogP contribution is 2.29. The van der Waals surface area contributed by atoms with E-state index in [2.05, 4.69) is 5.32 Å². The largest absolute Gasteiger partial charge is 0.378 e. The van der Waals surface area contributed by atoms with Crippen LogP contribution in [0, 0.1) is 0 Å². The Balaban J connectivity index is 2.13. The van der Waals surface area contributed by atoms with Crippen molar-refractivity contribution in [1.82, 2.24) is 5.32 Å². The van der Waals surface area contributed by atoms with Gasteiger partial charge in [-0.3, -0.25) is 0 Å². The molecule has 0 radical (unpaired) electrons. The number of hydrogen-bond donors (Lipinski definition) is 1. The minimum Gasteiger partial charge on any atom is -0.378 e. The minimum atomic E-state index is 0.297. The van der Waals surface area contributed by atoms with Crippen molar-refractivity contribution in [2.24, 2.45) is 0 Å². The Morgan fingerprint density at radius 3 is 3.17 bits per heavy atom. The second kappa shape index (κ2) is 3.75. The van der Waals surface area contributed by atoms with Gasteiger partial charge in [0.1, 0.15) is 0 Å². The van der Waals surface area contributed by atoms with Crippen LogP contribution in [0.2, 0.25) is 5.02 Å². The lowest BCUT2D eigenvalue weighted by molar-refractivity contribution is 0.0779. The lowest BCUT2D eigenvalue weighted by Crippen LogP contribution is -2.34. The second-order valence-electron chi connectivity index (χ2n) is 2.71. The average Bonchev–Trinajstić information content (AvgIpc) is 2.53. The molecule has 1 atom stereocenters. The standard InChI is InChI=1S/C8H10ClNOS/c9-6-1-4-12-8(6)7-5-11-3-2-10-7/h1,4,7,10H,2-3,5H2. The maximum atomic E-state index is 5.99. The molecule has 0 bridgehead atoms. The van der Waals surface area contributed by atoms with Crippen LogP contribution in [0.15, 0.2) is 11.4 Å². The smallest absolute Gasteiger partial charge is 0.0670 e. The topological polar surface area (TPSA) is 21.3 Å². The number of ether oxygens (including phenoxy) is 1. The average molecular weight is 204 g/mol. The van der Waals surface area contributed by atoms with Gasteiger partial charge in [-0.1, -0.05) is 11.6 Å². The Bertz CT molecular complexity index is 257. The molecule has 0 amide bonds. The number of hydrogen-bond acceptors (Lipinski definition) is 3. The summed E-state index contributed by atoms with van der Waals surface area (Å²) < 4.78 is 5.35. The zero-order valence-corrected chi connectivity index (χ0v) is 8.12. The Morgan fingerprint density at radius 2 is 2.58 bits per heavy atom. The van der Waals surface area contributed by atoms with E-state index in [0.29, 0.717) is 6.04 Å². The van der Waals surface area contributed by atoms with E-state index in [9.17, 15) is 0 Å². The van der Waals surface area contributed by atoms with E-state index in [-0.39, 0.29) is 0 Å². The fourth-order valence-corrected chi connectivity index (χ4v) is 2.54. The summed E-state index contributed by atoms with van der Waals surface area (Å²) in [7, 11) is 0. The number of halogens is 1. The number of thiophene rings is 1. The van der Waals surface area contributed by atoms with Crippen LogP contribution >= 0.6 is 22.9 Å². The third-order valence-electron chi connectivity index (χ3n) is 1.88. The van der Waals surface area contributed by atoms with Gasteiger partial charge in [-0.05, 0) is 11.4 Å². The van der Waals surface area contributed by atoms with Gasteiger partial charge in [0.2, 0.25) is 0 Å². The lowest BCUT2D eigenvalue weighted by Gasteiger charge is -2.22. The van der Waals surface area contributed by atoms with Crippen LogP contribution in [0.25, 0.3) is 0 Å². The van der Waals surface area contributed by atoms with Gasteiger partial charge in [-0.2, -0.15) is 0 Å². The number of morpholine rings is 1. The maximum absolute atomic E-state index is 5.99. The molecule has 0 aliphatic carbocycles. The second-order valence-corrected chi connectivity index (χ2v) is 4.07. The van der Waals surface area contributed by atoms with Crippen LogP contribution in [-0.4, -0.2) is 19.8 Å². The van der Waals surface area contributed by atoms with Gasteiger partial charge in [0.25, 0.3) is 0 Å². The Hall–Kier alpha value is -0.0900. The number of nitrogens with one attached hydrogen (secondary N) is 1. The summed E-state index contributed by atoms with van der Waals surface area (Å²) in [4.78, 5) is 1.19. The number of rotatable bonds is 1. The molecule has 66 valence electrons. The van der Waals surface area contributed by atoms with E-state index in [0.717, 1.165) is 24.8 Å². The van der Waals surface area contributed by atoms with E-state index in [1.165, 1.54) is 4.88 Å². The van der Waals surface area contributed by atoms with Gasteiger partial charge in [-0.25, -0.2) is 0 Å². The van der Waals surface area contributed by atoms with Crippen LogP contribution in [0.3, 0.4) is 0 Å². The van der Waals surface area contributed by atoms with E-state index in [1.807, 2.05) is 11.4 Å². The van der Waals surface area contributed by atoms with Crippen molar-refractivity contribution in [2.45, 2.75) is 6.04 Å². The normalized spacial score (nSPS) is 24.2. The van der Waals surface area contributed by atoms with Crippen molar-refractivity contribution in [1.29, 1.82) is 0 Å². The van der Waals surface area contributed by atoms with Gasteiger partial charge in [0.05, 0.1) is 24.3 Å². The summed E-state index contributed by atoms with van der Waals surface area (Å²) in [5.41, 5.74) is 0. The molecule has 1 aromatic heterocycles. The highest BCUT2D eigenvalue weighted by atomic mass is 35.5. The molecule has 2 rings (SSSR count). The van der Waals surface area contributed by atoms with Gasteiger partial charge >= 0.3 is 0 Å². The summed E-state index contributed by atoms with van der Waals surface area (Å²) in [5.74, 6) is 0. The van der Waals surface area contributed by atoms with Gasteiger partial charge in [0, 0.05) is 11.4 Å². The molecular weight excluding hydrogens is 194 g/mol. The Kier molecular flexibility index (Phi) is 2.66. The zero-order valence-electron chi connectivity index (χ0n) is 6.55. The predicted octanol–water partition coefficient (Wildman–Crippen LogP) is 2.06. The first-order valence-corrected chi connectivity index (χ1v) is 5.17. The van der Waals surface area contributed by atoms with E-state index >= 15 is 0 Å². The molecule has 1 aromatic rings. The van der Waals surface area contributed by atoms with Crippen molar-refractivity contribution in [3.63, 3.8) is 0 Å². The molecule has 2 heterocycles. The molecule has 1 unspecified atom stereocenters. The Morgan fingerprint density at radius 1 is 1.67 bits per heavy atom. The van der Waals surface area contributed by atoms with Crippen molar-refractivity contribution >= 4 is 22.9 Å². The first kappa shape index (κ1) is 8.51. The summed E-state index contributed by atoms with van der Waals surface area (Å²) in [6.07, 6.45) is 0. The van der Waals surface area contributed by atoms with Gasteiger partial charge in [-0.15, -0.1) is 11.3 Å². The highest BCUT2D eigenvalue weighted by molar-refractivity contribution is 7.10. The molecular formula is C8H10ClNOS. The van der Waals surface area contributed by atoms with Crippen molar-refractivity contribution in [3.05, 3.63) is 21.3 Å². The fraction of sp³-hybridized carbons (Fsp3) is 0.500. The van der Waals surface area contributed by atoms with Crippen molar-refractivity contribution in [3.8, 4) is 0 Å². The summed E-state index contributed by atoms with van der Waals surface area (Å²) in [6.45, 7) is 2.46. The molecule has 12 heavy (non-hydrogen) atoms. The molecule has 1 saturated heterocycles.